The maximum Gasteiger partial charge on any atom is 0.407 e. The number of ether oxygens (including phenoxy) is 1. The molecular weight excluding hydrogens is 502 g/mol. The van der Waals surface area contributed by atoms with E-state index in [1.165, 1.54) is 0 Å². The van der Waals surface area contributed by atoms with Gasteiger partial charge in [-0.25, -0.2) is 4.79 Å². The minimum atomic E-state index is -0.534. The highest BCUT2D eigenvalue weighted by Gasteiger charge is 2.27. The molecule has 208 valence electrons. The van der Waals surface area contributed by atoms with Crippen molar-refractivity contribution >= 4 is 39.5 Å². The Hall–Kier alpha value is -4.33. The standard InChI is InChI=1S/C32H37N5O3/c1-32(2,3)40-31(39)36-24-14-12-23(13-15-24)35-30(38)27-19-37(28-17-21(29(33)34)11-16-26(27)28)18-22-9-6-8-20-7-4-5-10-25(20)22/h4-11,16-17,19,23-24H,12-15,18H2,1-3H3,(H3,33,34)(H,35,38)(H,36,39)/t23-,24-. The Labute approximate surface area is 234 Å². The molecule has 1 aliphatic rings. The number of alkyl carbamates (subject to hydrolysis) is 1. The Morgan fingerprint density at radius 3 is 2.33 bits per heavy atom. The van der Waals surface area contributed by atoms with Gasteiger partial charge in [0.15, 0.2) is 0 Å². The minimum absolute atomic E-state index is 0.0115. The maximum atomic E-state index is 13.6. The molecule has 0 saturated heterocycles. The van der Waals surface area contributed by atoms with Crippen LogP contribution in [0.4, 0.5) is 4.79 Å². The average Bonchev–Trinajstić information content (AvgIpc) is 3.26. The van der Waals surface area contributed by atoms with Gasteiger partial charge in [0.05, 0.1) is 5.56 Å². The Morgan fingerprint density at radius 2 is 1.62 bits per heavy atom. The van der Waals surface area contributed by atoms with Crippen molar-refractivity contribution < 1.29 is 14.3 Å². The third-order valence-electron chi connectivity index (χ3n) is 7.44. The van der Waals surface area contributed by atoms with Gasteiger partial charge in [-0.15, -0.1) is 0 Å². The second-order valence-corrected chi connectivity index (χ2v) is 11.6. The van der Waals surface area contributed by atoms with E-state index in [9.17, 15) is 9.59 Å². The molecule has 0 radical (unpaired) electrons. The van der Waals surface area contributed by atoms with Crippen LogP contribution in [0.5, 0.6) is 0 Å². The van der Waals surface area contributed by atoms with Crippen LogP contribution in [0.25, 0.3) is 21.7 Å². The van der Waals surface area contributed by atoms with Gasteiger partial charge < -0.3 is 25.7 Å². The molecule has 1 aliphatic carbocycles. The number of rotatable bonds is 6. The lowest BCUT2D eigenvalue weighted by atomic mass is 9.91. The van der Waals surface area contributed by atoms with Crippen molar-refractivity contribution in [3.8, 4) is 0 Å². The summed E-state index contributed by atoms with van der Waals surface area (Å²) in [5.74, 6) is -0.136. The van der Waals surface area contributed by atoms with Crippen molar-refractivity contribution in [3.05, 3.63) is 83.6 Å². The van der Waals surface area contributed by atoms with Crippen molar-refractivity contribution in [3.63, 3.8) is 0 Å². The number of nitrogens with two attached hydrogens (primary N) is 1. The highest BCUT2D eigenvalue weighted by molar-refractivity contribution is 6.09. The molecule has 0 bridgehead atoms. The van der Waals surface area contributed by atoms with Crippen molar-refractivity contribution in [2.45, 2.75) is 70.7 Å². The van der Waals surface area contributed by atoms with E-state index >= 15 is 0 Å². The normalized spacial score (nSPS) is 17.5. The molecule has 1 heterocycles. The third-order valence-corrected chi connectivity index (χ3v) is 7.44. The van der Waals surface area contributed by atoms with E-state index in [2.05, 4.69) is 39.5 Å². The first kappa shape index (κ1) is 27.2. The van der Waals surface area contributed by atoms with Crippen LogP contribution < -0.4 is 16.4 Å². The maximum absolute atomic E-state index is 13.6. The molecule has 5 rings (SSSR count). The first-order valence-electron chi connectivity index (χ1n) is 13.8. The summed E-state index contributed by atoms with van der Waals surface area (Å²) in [4.78, 5) is 25.7. The van der Waals surface area contributed by atoms with Gasteiger partial charge in [0.1, 0.15) is 11.4 Å². The van der Waals surface area contributed by atoms with Gasteiger partial charge in [0, 0.05) is 41.3 Å². The second-order valence-electron chi connectivity index (χ2n) is 11.6. The summed E-state index contributed by atoms with van der Waals surface area (Å²) in [6, 6.07) is 20.1. The molecule has 1 fully saturated rings. The van der Waals surface area contributed by atoms with E-state index in [1.54, 1.807) is 6.07 Å². The number of aromatic nitrogens is 1. The van der Waals surface area contributed by atoms with Crippen LogP contribution in [0, 0.1) is 5.41 Å². The van der Waals surface area contributed by atoms with Crippen molar-refractivity contribution in [2.75, 3.05) is 0 Å². The number of carbonyl (C=O) groups excluding carboxylic acids is 2. The number of nitrogens with one attached hydrogen (secondary N) is 3. The van der Waals surface area contributed by atoms with E-state index in [-0.39, 0.29) is 23.8 Å². The van der Waals surface area contributed by atoms with Crippen LogP contribution in [0.3, 0.4) is 0 Å². The molecule has 40 heavy (non-hydrogen) atoms. The number of amidine groups is 1. The summed E-state index contributed by atoms with van der Waals surface area (Å²) >= 11 is 0. The first-order valence-corrected chi connectivity index (χ1v) is 13.8. The number of fused-ring (bicyclic) bond motifs is 2. The number of nitrogen functional groups attached to an aromatic ring is 1. The Balaban J connectivity index is 1.34. The van der Waals surface area contributed by atoms with Crippen molar-refractivity contribution in [2.24, 2.45) is 5.73 Å². The smallest absolute Gasteiger partial charge is 0.407 e. The minimum Gasteiger partial charge on any atom is -0.444 e. The summed E-state index contributed by atoms with van der Waals surface area (Å²) in [6.07, 6.45) is 4.60. The first-order chi connectivity index (χ1) is 19.1. The second kappa shape index (κ2) is 11.0. The van der Waals surface area contributed by atoms with Gasteiger partial charge in [-0.3, -0.25) is 10.2 Å². The van der Waals surface area contributed by atoms with Crippen molar-refractivity contribution in [1.29, 1.82) is 5.41 Å². The highest BCUT2D eigenvalue weighted by Crippen LogP contribution is 2.27. The van der Waals surface area contributed by atoms with E-state index in [1.807, 2.05) is 57.3 Å². The number of hydrogen-bond acceptors (Lipinski definition) is 4. The van der Waals surface area contributed by atoms with Gasteiger partial charge in [0.25, 0.3) is 5.91 Å². The number of nitrogens with zero attached hydrogens (tertiary/aromatic N) is 1. The lowest BCUT2D eigenvalue weighted by Crippen LogP contribution is -2.45. The van der Waals surface area contributed by atoms with Crippen LogP contribution in [0.1, 0.15) is 67.9 Å². The zero-order valence-corrected chi connectivity index (χ0v) is 23.3. The summed E-state index contributed by atoms with van der Waals surface area (Å²) in [7, 11) is 0. The van der Waals surface area contributed by atoms with E-state index in [0.717, 1.165) is 52.9 Å². The van der Waals surface area contributed by atoms with Crippen LogP contribution in [0.15, 0.2) is 66.9 Å². The molecule has 0 atom stereocenters. The largest absolute Gasteiger partial charge is 0.444 e. The fraction of sp³-hybridized carbons (Fsp3) is 0.344. The predicted octanol–water partition coefficient (Wildman–Crippen LogP) is 5.69. The van der Waals surface area contributed by atoms with Crippen molar-refractivity contribution in [1.82, 2.24) is 15.2 Å². The Kier molecular flexibility index (Phi) is 7.52. The number of hydrogen-bond donors (Lipinski definition) is 4. The summed E-state index contributed by atoms with van der Waals surface area (Å²) in [5, 5.41) is 17.3. The number of benzene rings is 3. The molecule has 0 spiro atoms. The van der Waals surface area contributed by atoms with Crippen LogP contribution in [0.2, 0.25) is 0 Å². The quantitative estimate of drug-likeness (QED) is 0.186. The van der Waals surface area contributed by atoms with Crippen LogP contribution >= 0.6 is 0 Å². The SMILES string of the molecule is CC(C)(C)OC(=O)N[C@H]1CC[C@H](NC(=O)c2cn(Cc3cccc4ccccc34)c3cc(C(=N)N)ccc23)CC1. The molecule has 5 N–H and O–H groups in total. The fourth-order valence-corrected chi connectivity index (χ4v) is 5.50. The van der Waals surface area contributed by atoms with Gasteiger partial charge in [-0.05, 0) is 68.9 Å². The van der Waals surface area contributed by atoms with Gasteiger partial charge in [0.2, 0.25) is 0 Å². The molecular formula is C32H37N5O3. The Bertz CT molecular complexity index is 1570. The van der Waals surface area contributed by atoms with E-state index in [4.69, 9.17) is 15.9 Å². The zero-order chi connectivity index (χ0) is 28.4. The third kappa shape index (κ3) is 6.11. The zero-order valence-electron chi connectivity index (χ0n) is 23.3. The Morgan fingerprint density at radius 1 is 0.950 bits per heavy atom. The molecule has 1 saturated carbocycles. The molecule has 2 amide bonds. The van der Waals surface area contributed by atoms with Crippen LogP contribution in [-0.2, 0) is 11.3 Å². The lowest BCUT2D eigenvalue weighted by Gasteiger charge is -2.30. The summed E-state index contributed by atoms with van der Waals surface area (Å²) in [6.45, 7) is 6.12. The molecule has 4 aromatic rings. The molecule has 8 heteroatoms. The lowest BCUT2D eigenvalue weighted by molar-refractivity contribution is 0.0488. The monoisotopic (exact) mass is 539 g/mol. The van der Waals surface area contributed by atoms with E-state index < -0.39 is 11.7 Å². The number of carbonyl (C=O) groups is 2. The molecule has 8 nitrogen and oxygen atoms in total. The predicted molar refractivity (Wildman–Crippen MR) is 159 cm³/mol. The molecule has 0 aliphatic heterocycles. The summed E-state index contributed by atoms with van der Waals surface area (Å²) in [5.41, 5.74) is 8.49. The molecule has 0 unspecified atom stereocenters. The molecule has 3 aromatic carbocycles. The topological polar surface area (TPSA) is 122 Å². The molecule has 1 aromatic heterocycles. The summed E-state index contributed by atoms with van der Waals surface area (Å²) < 4.78 is 7.45. The fourth-order valence-electron chi connectivity index (χ4n) is 5.50. The van der Waals surface area contributed by atoms with Gasteiger partial charge in [-0.2, -0.15) is 0 Å². The van der Waals surface area contributed by atoms with Gasteiger partial charge in [-0.1, -0.05) is 54.6 Å². The average molecular weight is 540 g/mol. The van der Waals surface area contributed by atoms with E-state index in [0.29, 0.717) is 17.7 Å². The number of amides is 2. The van der Waals surface area contributed by atoms with Crippen LogP contribution in [-0.4, -0.2) is 40.1 Å². The van der Waals surface area contributed by atoms with Gasteiger partial charge >= 0.3 is 6.09 Å². The highest BCUT2D eigenvalue weighted by atomic mass is 16.6.